The predicted octanol–water partition coefficient (Wildman–Crippen LogP) is 1.59. The smallest absolute Gasteiger partial charge is 0.361 e. The summed E-state index contributed by atoms with van der Waals surface area (Å²) in [4.78, 5) is 28.4. The Kier molecular flexibility index (Phi) is 2.32. The summed E-state index contributed by atoms with van der Waals surface area (Å²) < 4.78 is 7.24. The summed E-state index contributed by atoms with van der Waals surface area (Å²) in [5.41, 5.74) is -0.660. The van der Waals surface area contributed by atoms with E-state index >= 15 is 0 Å². The van der Waals surface area contributed by atoms with Gasteiger partial charge in [0.2, 0.25) is 0 Å². The Morgan fingerprint density at radius 2 is 1.81 bits per heavy atom. The standard InChI is InChI=1S/C15H9N3O3/c19-13-16-14-17(8-9-21-14)15(20)18(13)12-7-3-5-10-4-1-2-6-11(10)12/h1-9H. The topological polar surface area (TPSA) is 69.5 Å². The maximum Gasteiger partial charge on any atom is 0.361 e. The minimum atomic E-state index is -0.661. The monoisotopic (exact) mass is 279 g/mol. The number of fused-ring (bicyclic) bond motifs is 2. The van der Waals surface area contributed by atoms with Gasteiger partial charge in [0.15, 0.2) is 0 Å². The van der Waals surface area contributed by atoms with Crippen molar-refractivity contribution in [2.45, 2.75) is 0 Å². The number of rotatable bonds is 1. The largest absolute Gasteiger partial charge is 0.431 e. The van der Waals surface area contributed by atoms with E-state index in [0.717, 1.165) is 15.3 Å². The van der Waals surface area contributed by atoms with Gasteiger partial charge in [-0.2, -0.15) is 0 Å². The van der Waals surface area contributed by atoms with Crippen LogP contribution in [0.25, 0.3) is 22.3 Å². The van der Waals surface area contributed by atoms with Crippen LogP contribution in [0.5, 0.6) is 0 Å². The molecule has 21 heavy (non-hydrogen) atoms. The van der Waals surface area contributed by atoms with Gasteiger partial charge in [-0.15, -0.1) is 4.98 Å². The summed E-state index contributed by atoms with van der Waals surface area (Å²) >= 11 is 0. The fraction of sp³-hybridized carbons (Fsp3) is 0. The van der Waals surface area contributed by atoms with E-state index in [1.54, 1.807) is 12.1 Å². The molecule has 2 heterocycles. The summed E-state index contributed by atoms with van der Waals surface area (Å²) in [5, 5.41) is 1.75. The van der Waals surface area contributed by atoms with Crippen LogP contribution in [0.3, 0.4) is 0 Å². The summed E-state index contributed by atoms with van der Waals surface area (Å²) in [5.74, 6) is -0.0125. The lowest BCUT2D eigenvalue weighted by Crippen LogP contribution is -2.37. The van der Waals surface area contributed by atoms with Crippen molar-refractivity contribution in [1.82, 2.24) is 14.0 Å². The van der Waals surface area contributed by atoms with Crippen LogP contribution in [0.4, 0.5) is 0 Å². The van der Waals surface area contributed by atoms with Crippen LogP contribution < -0.4 is 11.4 Å². The van der Waals surface area contributed by atoms with Gasteiger partial charge in [-0.25, -0.2) is 18.6 Å². The van der Waals surface area contributed by atoms with Gasteiger partial charge in [0.05, 0.1) is 11.9 Å². The molecule has 6 heteroatoms. The third-order valence-corrected chi connectivity index (χ3v) is 3.38. The van der Waals surface area contributed by atoms with Gasteiger partial charge < -0.3 is 4.42 Å². The molecule has 0 aliphatic heterocycles. The normalized spacial score (nSPS) is 11.2. The molecule has 2 aromatic heterocycles. The van der Waals surface area contributed by atoms with Crippen LogP contribution in [-0.2, 0) is 0 Å². The molecule has 0 aliphatic carbocycles. The minimum absolute atomic E-state index is 0.0125. The Hall–Kier alpha value is -3.15. The lowest BCUT2D eigenvalue weighted by atomic mass is 10.1. The molecule has 0 N–H and O–H groups in total. The van der Waals surface area contributed by atoms with E-state index in [2.05, 4.69) is 4.98 Å². The fourth-order valence-electron chi connectivity index (χ4n) is 2.43. The average molecular weight is 279 g/mol. The highest BCUT2D eigenvalue weighted by Gasteiger charge is 2.13. The van der Waals surface area contributed by atoms with Gasteiger partial charge in [-0.05, 0) is 11.5 Å². The molecule has 0 saturated heterocycles. The summed E-state index contributed by atoms with van der Waals surface area (Å²) in [6.45, 7) is 0. The van der Waals surface area contributed by atoms with Crippen molar-refractivity contribution in [2.75, 3.05) is 0 Å². The number of aromatic nitrogens is 3. The highest BCUT2D eigenvalue weighted by atomic mass is 16.3. The highest BCUT2D eigenvalue weighted by Crippen LogP contribution is 2.19. The molecular weight excluding hydrogens is 270 g/mol. The van der Waals surface area contributed by atoms with Gasteiger partial charge in [0.1, 0.15) is 6.26 Å². The molecule has 6 nitrogen and oxygen atoms in total. The number of hydrogen-bond donors (Lipinski definition) is 0. The zero-order valence-electron chi connectivity index (χ0n) is 10.8. The molecule has 0 radical (unpaired) electrons. The second kappa shape index (κ2) is 4.17. The average Bonchev–Trinajstić information content (AvgIpc) is 2.96. The molecule has 0 spiro atoms. The molecule has 102 valence electrons. The van der Waals surface area contributed by atoms with E-state index in [9.17, 15) is 9.59 Å². The Morgan fingerprint density at radius 1 is 1.00 bits per heavy atom. The Morgan fingerprint density at radius 3 is 2.71 bits per heavy atom. The van der Waals surface area contributed by atoms with Crippen molar-refractivity contribution >= 4 is 16.6 Å². The second-order valence-electron chi connectivity index (χ2n) is 4.57. The van der Waals surface area contributed by atoms with Crippen LogP contribution in [0, 0.1) is 0 Å². The minimum Gasteiger partial charge on any atom is -0.431 e. The van der Waals surface area contributed by atoms with E-state index in [4.69, 9.17) is 4.42 Å². The van der Waals surface area contributed by atoms with Crippen molar-refractivity contribution in [1.29, 1.82) is 0 Å². The highest BCUT2D eigenvalue weighted by molar-refractivity contribution is 5.90. The molecule has 4 rings (SSSR count). The Labute approximate surface area is 117 Å². The van der Waals surface area contributed by atoms with Crippen LogP contribution in [-0.4, -0.2) is 14.0 Å². The summed E-state index contributed by atoms with van der Waals surface area (Å²) in [6.07, 6.45) is 2.75. The lowest BCUT2D eigenvalue weighted by Gasteiger charge is -2.07. The summed E-state index contributed by atoms with van der Waals surface area (Å²) in [7, 11) is 0. The van der Waals surface area contributed by atoms with Crippen molar-refractivity contribution in [3.8, 4) is 5.69 Å². The van der Waals surface area contributed by atoms with Crippen LogP contribution in [0.1, 0.15) is 0 Å². The Balaban J connectivity index is 2.19. The second-order valence-corrected chi connectivity index (χ2v) is 4.57. The molecule has 2 aromatic carbocycles. The summed E-state index contributed by atoms with van der Waals surface area (Å²) in [6, 6.07) is 13.0. The third kappa shape index (κ3) is 1.62. The van der Waals surface area contributed by atoms with Crippen molar-refractivity contribution in [2.24, 2.45) is 0 Å². The van der Waals surface area contributed by atoms with E-state index in [1.807, 2.05) is 30.3 Å². The first-order chi connectivity index (χ1) is 10.3. The Bertz CT molecular complexity index is 1080. The zero-order chi connectivity index (χ0) is 14.4. The predicted molar refractivity (Wildman–Crippen MR) is 76.8 cm³/mol. The number of hydrogen-bond acceptors (Lipinski definition) is 4. The van der Waals surface area contributed by atoms with Crippen molar-refractivity contribution in [3.63, 3.8) is 0 Å². The van der Waals surface area contributed by atoms with Crippen LogP contribution in [0.15, 0.2) is 68.9 Å². The quantitative estimate of drug-likeness (QED) is 0.530. The van der Waals surface area contributed by atoms with E-state index in [-0.39, 0.29) is 5.84 Å². The molecule has 0 saturated carbocycles. The first-order valence-electron chi connectivity index (χ1n) is 6.33. The SMILES string of the molecule is O=c1nc2occn2c(=O)n1-c1cccc2ccccc12. The zero-order valence-corrected chi connectivity index (χ0v) is 10.8. The maximum absolute atomic E-state index is 12.5. The molecule has 0 unspecified atom stereocenters. The maximum atomic E-state index is 12.5. The third-order valence-electron chi connectivity index (χ3n) is 3.38. The van der Waals surface area contributed by atoms with Gasteiger partial charge >= 0.3 is 17.2 Å². The van der Waals surface area contributed by atoms with Gasteiger partial charge in [-0.1, -0.05) is 36.4 Å². The van der Waals surface area contributed by atoms with Gasteiger partial charge in [-0.3, -0.25) is 0 Å². The van der Waals surface area contributed by atoms with Crippen LogP contribution in [0.2, 0.25) is 0 Å². The molecule has 0 atom stereocenters. The fourth-order valence-corrected chi connectivity index (χ4v) is 2.43. The number of benzene rings is 2. The van der Waals surface area contributed by atoms with E-state index in [1.165, 1.54) is 16.9 Å². The number of oxazole rings is 1. The molecule has 0 amide bonds. The molecular formula is C15H9N3O3. The van der Waals surface area contributed by atoms with Gasteiger partial charge in [0.25, 0.3) is 0 Å². The van der Waals surface area contributed by atoms with Crippen molar-refractivity contribution < 1.29 is 4.42 Å². The first-order valence-corrected chi connectivity index (χ1v) is 6.33. The molecule has 0 fully saturated rings. The van der Waals surface area contributed by atoms with Crippen LogP contribution >= 0.6 is 0 Å². The van der Waals surface area contributed by atoms with Gasteiger partial charge in [0, 0.05) is 5.39 Å². The molecule has 0 bridgehead atoms. The lowest BCUT2D eigenvalue weighted by molar-refractivity contribution is 0.580. The molecule has 0 aliphatic rings. The number of nitrogens with zero attached hydrogens (tertiary/aromatic N) is 3. The van der Waals surface area contributed by atoms with E-state index < -0.39 is 11.4 Å². The van der Waals surface area contributed by atoms with Crippen molar-refractivity contribution in [3.05, 3.63) is 75.9 Å². The molecule has 4 aromatic rings. The first kappa shape index (κ1) is 11.7. The van der Waals surface area contributed by atoms with E-state index in [0.29, 0.717) is 5.69 Å².